The quantitative estimate of drug-likeness (QED) is 0.820. The van der Waals surface area contributed by atoms with Crippen LogP contribution >= 0.6 is 0 Å². The highest BCUT2D eigenvalue weighted by molar-refractivity contribution is 7.89. The predicted molar refractivity (Wildman–Crippen MR) is 77.0 cm³/mol. The average Bonchev–Trinajstić information content (AvgIpc) is 2.34. The Balaban J connectivity index is 3.08. The van der Waals surface area contributed by atoms with Crippen LogP contribution in [-0.4, -0.2) is 21.5 Å². The molecule has 0 spiro atoms. The SMILES string of the molecule is CC(C)(C)CNS(=O)(=O)c1ccccc1C#CCN. The molecule has 0 saturated heterocycles. The molecular weight excluding hydrogens is 260 g/mol. The Morgan fingerprint density at radius 2 is 1.89 bits per heavy atom. The lowest BCUT2D eigenvalue weighted by Gasteiger charge is -2.19. The van der Waals surface area contributed by atoms with E-state index < -0.39 is 10.0 Å². The van der Waals surface area contributed by atoms with Crippen molar-refractivity contribution in [1.82, 2.24) is 4.72 Å². The van der Waals surface area contributed by atoms with Crippen LogP contribution < -0.4 is 10.5 Å². The van der Waals surface area contributed by atoms with Crippen molar-refractivity contribution in [2.75, 3.05) is 13.1 Å². The molecule has 0 saturated carbocycles. The Morgan fingerprint density at radius 1 is 1.26 bits per heavy atom. The van der Waals surface area contributed by atoms with Crippen molar-refractivity contribution in [3.63, 3.8) is 0 Å². The molecule has 0 aliphatic carbocycles. The molecule has 4 nitrogen and oxygen atoms in total. The van der Waals surface area contributed by atoms with Gasteiger partial charge in [-0.25, -0.2) is 13.1 Å². The first-order valence-electron chi connectivity index (χ1n) is 6.04. The maximum Gasteiger partial charge on any atom is 0.241 e. The Bertz CT molecular complexity index is 590. The molecule has 0 fully saturated rings. The molecule has 0 aliphatic rings. The Kier molecular flexibility index (Phi) is 5.12. The molecule has 0 unspecified atom stereocenters. The standard InChI is InChI=1S/C14H20N2O2S/c1-14(2,3)11-16-19(17,18)13-9-5-4-7-12(13)8-6-10-15/h4-5,7,9,16H,10-11,15H2,1-3H3. The van der Waals surface area contributed by atoms with Crippen LogP contribution in [0.25, 0.3) is 0 Å². The second kappa shape index (κ2) is 6.20. The van der Waals surface area contributed by atoms with Crippen LogP contribution in [0.2, 0.25) is 0 Å². The van der Waals surface area contributed by atoms with E-state index in [4.69, 9.17) is 5.73 Å². The van der Waals surface area contributed by atoms with E-state index in [0.717, 1.165) is 0 Å². The molecular formula is C14H20N2O2S. The van der Waals surface area contributed by atoms with E-state index in [-0.39, 0.29) is 16.9 Å². The zero-order chi connectivity index (χ0) is 14.5. The minimum absolute atomic E-state index is 0.120. The smallest absolute Gasteiger partial charge is 0.241 e. The third kappa shape index (κ3) is 5.03. The Labute approximate surface area is 115 Å². The highest BCUT2D eigenvalue weighted by Crippen LogP contribution is 2.17. The number of nitrogens with two attached hydrogens (primary N) is 1. The number of nitrogens with one attached hydrogen (secondary N) is 1. The molecule has 104 valence electrons. The van der Waals surface area contributed by atoms with Gasteiger partial charge >= 0.3 is 0 Å². The first kappa shape index (κ1) is 15.7. The molecule has 0 radical (unpaired) electrons. The third-order valence-corrected chi connectivity index (χ3v) is 3.75. The van der Waals surface area contributed by atoms with E-state index in [1.807, 2.05) is 20.8 Å². The lowest BCUT2D eigenvalue weighted by molar-refractivity contribution is 0.407. The van der Waals surface area contributed by atoms with Gasteiger partial charge in [0.2, 0.25) is 10.0 Å². The van der Waals surface area contributed by atoms with E-state index >= 15 is 0 Å². The fourth-order valence-electron chi connectivity index (χ4n) is 1.34. The van der Waals surface area contributed by atoms with E-state index in [0.29, 0.717) is 12.1 Å². The van der Waals surface area contributed by atoms with Gasteiger partial charge in [-0.1, -0.05) is 44.7 Å². The van der Waals surface area contributed by atoms with Crippen LogP contribution in [0.3, 0.4) is 0 Å². The van der Waals surface area contributed by atoms with Gasteiger partial charge in [-0.2, -0.15) is 0 Å². The van der Waals surface area contributed by atoms with E-state index in [2.05, 4.69) is 16.6 Å². The number of sulfonamides is 1. The second-order valence-corrected chi connectivity index (χ2v) is 7.12. The van der Waals surface area contributed by atoms with Gasteiger partial charge in [0.1, 0.15) is 0 Å². The number of benzene rings is 1. The van der Waals surface area contributed by atoms with Gasteiger partial charge in [-0.15, -0.1) is 0 Å². The van der Waals surface area contributed by atoms with Crippen molar-refractivity contribution >= 4 is 10.0 Å². The van der Waals surface area contributed by atoms with Crippen molar-refractivity contribution in [3.05, 3.63) is 29.8 Å². The van der Waals surface area contributed by atoms with Crippen molar-refractivity contribution in [1.29, 1.82) is 0 Å². The van der Waals surface area contributed by atoms with Crippen molar-refractivity contribution in [2.24, 2.45) is 11.1 Å². The summed E-state index contributed by atoms with van der Waals surface area (Å²) >= 11 is 0. The Hall–Kier alpha value is -1.35. The number of hydrogen-bond donors (Lipinski definition) is 2. The molecule has 0 amide bonds. The van der Waals surface area contributed by atoms with Crippen LogP contribution in [0, 0.1) is 17.3 Å². The third-order valence-electron chi connectivity index (χ3n) is 2.29. The molecule has 0 aliphatic heterocycles. The van der Waals surface area contributed by atoms with Gasteiger partial charge in [0.15, 0.2) is 0 Å². The van der Waals surface area contributed by atoms with Crippen LogP contribution in [0.4, 0.5) is 0 Å². The zero-order valence-corrected chi connectivity index (χ0v) is 12.3. The summed E-state index contributed by atoms with van der Waals surface area (Å²) in [6.07, 6.45) is 0. The molecule has 19 heavy (non-hydrogen) atoms. The van der Waals surface area contributed by atoms with Gasteiger partial charge in [0.05, 0.1) is 11.4 Å². The molecule has 1 aromatic carbocycles. The first-order chi connectivity index (χ1) is 8.76. The summed E-state index contributed by atoms with van der Waals surface area (Å²) in [4.78, 5) is 0.195. The van der Waals surface area contributed by atoms with E-state index in [1.54, 1.807) is 24.3 Å². The zero-order valence-electron chi connectivity index (χ0n) is 11.5. The maximum absolute atomic E-state index is 12.3. The van der Waals surface area contributed by atoms with Crippen LogP contribution in [-0.2, 0) is 10.0 Å². The monoisotopic (exact) mass is 280 g/mol. The fourth-order valence-corrected chi connectivity index (χ4v) is 2.78. The molecule has 1 aromatic rings. The maximum atomic E-state index is 12.3. The highest BCUT2D eigenvalue weighted by Gasteiger charge is 2.20. The van der Waals surface area contributed by atoms with E-state index in [1.165, 1.54) is 0 Å². The van der Waals surface area contributed by atoms with Crippen LogP contribution in [0.15, 0.2) is 29.2 Å². The lowest BCUT2D eigenvalue weighted by Crippen LogP contribution is -2.32. The first-order valence-corrected chi connectivity index (χ1v) is 7.52. The molecule has 1 rings (SSSR count). The topological polar surface area (TPSA) is 72.2 Å². The average molecular weight is 280 g/mol. The molecule has 0 aromatic heterocycles. The van der Waals surface area contributed by atoms with Crippen LogP contribution in [0.1, 0.15) is 26.3 Å². The summed E-state index contributed by atoms with van der Waals surface area (Å²) in [5.41, 5.74) is 5.66. The number of hydrogen-bond acceptors (Lipinski definition) is 3. The van der Waals surface area contributed by atoms with Crippen molar-refractivity contribution in [3.8, 4) is 11.8 Å². The summed E-state index contributed by atoms with van der Waals surface area (Å²) in [5, 5.41) is 0. The summed E-state index contributed by atoms with van der Waals surface area (Å²) in [7, 11) is -3.55. The largest absolute Gasteiger partial charge is 0.320 e. The van der Waals surface area contributed by atoms with E-state index in [9.17, 15) is 8.42 Å². The molecule has 0 heterocycles. The van der Waals surface area contributed by atoms with Gasteiger partial charge in [0.25, 0.3) is 0 Å². The number of rotatable bonds is 3. The fraction of sp³-hybridized carbons (Fsp3) is 0.429. The van der Waals surface area contributed by atoms with Gasteiger partial charge in [0, 0.05) is 12.1 Å². The molecule has 0 bridgehead atoms. The van der Waals surface area contributed by atoms with Crippen molar-refractivity contribution < 1.29 is 8.42 Å². The normalized spacial score (nSPS) is 11.8. The van der Waals surface area contributed by atoms with Gasteiger partial charge in [-0.3, -0.25) is 0 Å². The predicted octanol–water partition coefficient (Wildman–Crippen LogP) is 1.32. The molecule has 0 atom stereocenters. The minimum atomic E-state index is -3.55. The van der Waals surface area contributed by atoms with Gasteiger partial charge < -0.3 is 5.73 Å². The van der Waals surface area contributed by atoms with Crippen LogP contribution in [0.5, 0.6) is 0 Å². The summed E-state index contributed by atoms with van der Waals surface area (Å²) in [6, 6.07) is 6.66. The molecule has 5 heteroatoms. The summed E-state index contributed by atoms with van der Waals surface area (Å²) in [5.74, 6) is 5.46. The lowest BCUT2D eigenvalue weighted by atomic mass is 9.98. The summed E-state index contributed by atoms with van der Waals surface area (Å²) < 4.78 is 27.1. The van der Waals surface area contributed by atoms with Crippen molar-refractivity contribution in [2.45, 2.75) is 25.7 Å². The van der Waals surface area contributed by atoms with Gasteiger partial charge in [-0.05, 0) is 17.5 Å². The molecule has 3 N–H and O–H groups in total. The Morgan fingerprint density at radius 3 is 2.47 bits per heavy atom. The minimum Gasteiger partial charge on any atom is -0.320 e. The second-order valence-electron chi connectivity index (χ2n) is 5.39. The summed E-state index contributed by atoms with van der Waals surface area (Å²) in [6.45, 7) is 6.47. The highest BCUT2D eigenvalue weighted by atomic mass is 32.2.